The van der Waals surface area contributed by atoms with E-state index in [-0.39, 0.29) is 0 Å². The fourth-order valence-electron chi connectivity index (χ4n) is 2.14. The van der Waals surface area contributed by atoms with Crippen molar-refractivity contribution in [2.75, 3.05) is 11.9 Å². The number of benzene rings is 1. The number of fused-ring (bicyclic) bond motifs is 1. The molecule has 2 aliphatic heterocycles. The molecule has 2 nitrogen and oxygen atoms in total. The van der Waals surface area contributed by atoms with E-state index >= 15 is 0 Å². The standard InChI is InChI=1S/C16H16N2S/c1-18-14-6-2-3-7-15(14)19-16(18)8-4-5-13-9-11-17-12-10-13/h2-12,16-17H,1H3. The number of dihydropyridines is 1. The van der Waals surface area contributed by atoms with E-state index in [1.165, 1.54) is 16.2 Å². The average molecular weight is 268 g/mol. The van der Waals surface area contributed by atoms with Gasteiger partial charge in [-0.3, -0.25) is 0 Å². The minimum absolute atomic E-state index is 0.379. The van der Waals surface area contributed by atoms with Gasteiger partial charge in [0.2, 0.25) is 0 Å². The van der Waals surface area contributed by atoms with Crippen LogP contribution in [0.5, 0.6) is 0 Å². The summed E-state index contributed by atoms with van der Waals surface area (Å²) in [6.07, 6.45) is 14.5. The molecule has 2 aliphatic rings. The molecular formula is C16H16N2S. The van der Waals surface area contributed by atoms with Crippen molar-refractivity contribution < 1.29 is 0 Å². The molecule has 0 saturated heterocycles. The Kier molecular flexibility index (Phi) is 3.47. The first kappa shape index (κ1) is 12.2. The van der Waals surface area contributed by atoms with Gasteiger partial charge in [0.1, 0.15) is 0 Å². The van der Waals surface area contributed by atoms with Crippen LogP contribution in [0.3, 0.4) is 0 Å². The second-order valence-electron chi connectivity index (χ2n) is 4.47. The smallest absolute Gasteiger partial charge is 0.0982 e. The van der Waals surface area contributed by atoms with Gasteiger partial charge in [-0.1, -0.05) is 42.1 Å². The molecule has 0 radical (unpaired) electrons. The molecule has 0 fully saturated rings. The maximum atomic E-state index is 3.03. The van der Waals surface area contributed by atoms with Crippen LogP contribution >= 0.6 is 11.8 Å². The van der Waals surface area contributed by atoms with Gasteiger partial charge in [-0.25, -0.2) is 0 Å². The molecule has 96 valence electrons. The molecule has 1 aromatic rings. The highest BCUT2D eigenvalue weighted by molar-refractivity contribution is 8.00. The first-order chi connectivity index (χ1) is 9.34. The molecule has 0 spiro atoms. The predicted molar refractivity (Wildman–Crippen MR) is 83.1 cm³/mol. The fourth-order valence-corrected chi connectivity index (χ4v) is 3.33. The first-order valence-corrected chi connectivity index (χ1v) is 7.19. The van der Waals surface area contributed by atoms with E-state index in [1.54, 1.807) is 0 Å². The quantitative estimate of drug-likeness (QED) is 0.881. The van der Waals surface area contributed by atoms with E-state index in [0.717, 1.165) is 0 Å². The zero-order valence-corrected chi connectivity index (χ0v) is 11.6. The lowest BCUT2D eigenvalue weighted by Gasteiger charge is -2.17. The average Bonchev–Trinajstić information content (AvgIpc) is 2.78. The lowest BCUT2D eigenvalue weighted by atomic mass is 10.2. The maximum Gasteiger partial charge on any atom is 0.0982 e. The van der Waals surface area contributed by atoms with Crippen LogP contribution in [-0.2, 0) is 0 Å². The van der Waals surface area contributed by atoms with Gasteiger partial charge in [0.15, 0.2) is 0 Å². The number of thioether (sulfide) groups is 1. The number of rotatable bonds is 2. The molecule has 0 amide bonds. The number of anilines is 1. The van der Waals surface area contributed by atoms with Crippen molar-refractivity contribution in [2.45, 2.75) is 10.3 Å². The Morgan fingerprint density at radius 2 is 2.00 bits per heavy atom. The van der Waals surface area contributed by atoms with E-state index in [4.69, 9.17) is 0 Å². The SMILES string of the molecule is CN1c2ccccc2SC1C=CC=C1C=CNC=C1. The Bertz CT molecular complexity index is 570. The summed E-state index contributed by atoms with van der Waals surface area (Å²) in [5, 5.41) is 3.41. The number of para-hydroxylation sites is 1. The van der Waals surface area contributed by atoms with Gasteiger partial charge in [-0.15, -0.1) is 0 Å². The van der Waals surface area contributed by atoms with Gasteiger partial charge in [0.05, 0.1) is 11.1 Å². The first-order valence-electron chi connectivity index (χ1n) is 6.31. The number of nitrogens with one attached hydrogen (secondary N) is 1. The van der Waals surface area contributed by atoms with Crippen molar-refractivity contribution in [3.63, 3.8) is 0 Å². The van der Waals surface area contributed by atoms with Gasteiger partial charge in [0.25, 0.3) is 0 Å². The second-order valence-corrected chi connectivity index (χ2v) is 5.63. The second kappa shape index (κ2) is 5.41. The summed E-state index contributed by atoms with van der Waals surface area (Å²) in [6, 6.07) is 8.54. The largest absolute Gasteiger partial charge is 0.368 e. The van der Waals surface area contributed by atoms with Crippen LogP contribution in [0.2, 0.25) is 0 Å². The van der Waals surface area contributed by atoms with Crippen molar-refractivity contribution in [1.82, 2.24) is 5.32 Å². The number of hydrogen-bond donors (Lipinski definition) is 1. The summed E-state index contributed by atoms with van der Waals surface area (Å²) >= 11 is 1.89. The zero-order chi connectivity index (χ0) is 13.1. The fraction of sp³-hybridized carbons (Fsp3) is 0.125. The van der Waals surface area contributed by atoms with E-state index < -0.39 is 0 Å². The van der Waals surface area contributed by atoms with Crippen molar-refractivity contribution in [3.8, 4) is 0 Å². The van der Waals surface area contributed by atoms with Gasteiger partial charge in [-0.05, 0) is 29.9 Å². The topological polar surface area (TPSA) is 15.3 Å². The summed E-state index contributed by atoms with van der Waals surface area (Å²) in [5.74, 6) is 0. The lowest BCUT2D eigenvalue weighted by molar-refractivity contribution is 0.990. The maximum absolute atomic E-state index is 3.03. The summed E-state index contributed by atoms with van der Waals surface area (Å²) in [6.45, 7) is 0. The third kappa shape index (κ3) is 2.61. The van der Waals surface area contributed by atoms with E-state index in [2.05, 4.69) is 71.9 Å². The van der Waals surface area contributed by atoms with Crippen molar-refractivity contribution in [1.29, 1.82) is 0 Å². The molecular weight excluding hydrogens is 252 g/mol. The zero-order valence-electron chi connectivity index (χ0n) is 10.8. The number of likely N-dealkylation sites (N-methyl/N-ethyl adjacent to an activating group) is 1. The van der Waals surface area contributed by atoms with E-state index in [9.17, 15) is 0 Å². The number of nitrogens with zero attached hydrogens (tertiary/aromatic N) is 1. The van der Waals surface area contributed by atoms with Crippen LogP contribution in [0.25, 0.3) is 0 Å². The van der Waals surface area contributed by atoms with Crippen molar-refractivity contribution in [3.05, 3.63) is 72.6 Å². The minimum Gasteiger partial charge on any atom is -0.368 e. The van der Waals surface area contributed by atoms with Crippen LogP contribution in [0.15, 0.2) is 77.5 Å². The number of allylic oxidation sites excluding steroid dienone is 5. The minimum atomic E-state index is 0.379. The van der Waals surface area contributed by atoms with Crippen LogP contribution in [0.1, 0.15) is 0 Å². The Hall–Kier alpha value is -1.87. The highest BCUT2D eigenvalue weighted by atomic mass is 32.2. The van der Waals surface area contributed by atoms with Gasteiger partial charge in [0, 0.05) is 24.3 Å². The van der Waals surface area contributed by atoms with Crippen molar-refractivity contribution in [2.24, 2.45) is 0 Å². The third-order valence-corrected chi connectivity index (χ3v) is 4.50. The third-order valence-electron chi connectivity index (χ3n) is 3.18. The molecule has 1 unspecified atom stereocenters. The van der Waals surface area contributed by atoms with Crippen LogP contribution < -0.4 is 10.2 Å². The van der Waals surface area contributed by atoms with Gasteiger partial charge >= 0.3 is 0 Å². The van der Waals surface area contributed by atoms with Crippen LogP contribution in [-0.4, -0.2) is 12.4 Å². The molecule has 0 saturated carbocycles. The Balaban J connectivity index is 1.71. The number of hydrogen-bond acceptors (Lipinski definition) is 3. The molecule has 2 heterocycles. The van der Waals surface area contributed by atoms with Crippen LogP contribution in [0, 0.1) is 0 Å². The Labute approximate surface area is 118 Å². The Morgan fingerprint density at radius 3 is 2.79 bits per heavy atom. The molecule has 1 aromatic carbocycles. The molecule has 3 heteroatoms. The molecule has 0 aromatic heterocycles. The summed E-state index contributed by atoms with van der Waals surface area (Å²) in [4.78, 5) is 3.66. The molecule has 1 atom stereocenters. The highest BCUT2D eigenvalue weighted by Crippen LogP contribution is 2.42. The summed E-state index contributed by atoms with van der Waals surface area (Å²) in [5.41, 5.74) is 2.52. The van der Waals surface area contributed by atoms with Gasteiger partial charge < -0.3 is 10.2 Å². The summed E-state index contributed by atoms with van der Waals surface area (Å²) in [7, 11) is 2.14. The molecule has 0 aliphatic carbocycles. The molecule has 3 rings (SSSR count). The highest BCUT2D eigenvalue weighted by Gasteiger charge is 2.24. The van der Waals surface area contributed by atoms with Crippen molar-refractivity contribution >= 4 is 17.4 Å². The molecule has 19 heavy (non-hydrogen) atoms. The summed E-state index contributed by atoms with van der Waals surface area (Å²) < 4.78 is 0. The normalized spacial score (nSPS) is 20.8. The van der Waals surface area contributed by atoms with Gasteiger partial charge in [-0.2, -0.15) is 0 Å². The van der Waals surface area contributed by atoms with E-state index in [0.29, 0.717) is 5.37 Å². The molecule has 0 bridgehead atoms. The predicted octanol–water partition coefficient (Wildman–Crippen LogP) is 3.67. The Morgan fingerprint density at radius 1 is 1.21 bits per heavy atom. The van der Waals surface area contributed by atoms with Crippen LogP contribution in [0.4, 0.5) is 5.69 Å². The van der Waals surface area contributed by atoms with E-state index in [1.807, 2.05) is 24.2 Å². The molecule has 1 N–H and O–H groups in total. The lowest BCUT2D eigenvalue weighted by Crippen LogP contribution is -2.21. The monoisotopic (exact) mass is 268 g/mol.